The lowest BCUT2D eigenvalue weighted by molar-refractivity contribution is -0.146. The van der Waals surface area contributed by atoms with Crippen molar-refractivity contribution in [2.45, 2.75) is 39.8 Å². The van der Waals surface area contributed by atoms with Gasteiger partial charge in [-0.05, 0) is 36.6 Å². The summed E-state index contributed by atoms with van der Waals surface area (Å²) >= 11 is 0. The van der Waals surface area contributed by atoms with E-state index in [4.69, 9.17) is 9.84 Å². The van der Waals surface area contributed by atoms with Crippen LogP contribution >= 0.6 is 0 Å². The first-order valence-electron chi connectivity index (χ1n) is 6.56. The Labute approximate surface area is 123 Å². The average molecular weight is 297 g/mol. The van der Waals surface area contributed by atoms with Gasteiger partial charge in [0.15, 0.2) is 6.10 Å². The Kier molecular flexibility index (Phi) is 5.29. The molecule has 0 spiro atoms. The monoisotopic (exact) mass is 297 g/mol. The maximum atomic E-state index is 12.8. The number of carbonyl (C=O) groups excluding carboxylic acids is 1. The second-order valence-corrected chi connectivity index (χ2v) is 5.86. The molecule has 0 saturated heterocycles. The van der Waals surface area contributed by atoms with Gasteiger partial charge in [-0.2, -0.15) is 0 Å². The van der Waals surface area contributed by atoms with Crippen LogP contribution in [0.3, 0.4) is 0 Å². The first kappa shape index (κ1) is 16.9. The number of aliphatic carboxylic acids is 1. The van der Waals surface area contributed by atoms with Crippen LogP contribution < -0.4 is 10.1 Å². The Hall–Kier alpha value is -2.11. The number of amides is 1. The van der Waals surface area contributed by atoms with E-state index in [9.17, 15) is 14.0 Å². The third kappa shape index (κ3) is 5.06. The standard InChI is InChI=1S/C15H20FNO4/c1-9(21-11-7-5-10(16)6-8-11)13(18)17-12(14(19)20)15(2,3)4/h5-9,12H,1-4H3,(H,17,18)(H,19,20). The first-order valence-corrected chi connectivity index (χ1v) is 6.56. The van der Waals surface area contributed by atoms with Crippen LogP contribution in [-0.2, 0) is 9.59 Å². The van der Waals surface area contributed by atoms with Crippen LogP contribution in [0, 0.1) is 11.2 Å². The fourth-order valence-corrected chi connectivity index (χ4v) is 1.68. The number of halogens is 1. The topological polar surface area (TPSA) is 75.6 Å². The molecule has 0 saturated carbocycles. The van der Waals surface area contributed by atoms with Gasteiger partial charge in [0.05, 0.1) is 0 Å². The highest BCUT2D eigenvalue weighted by atomic mass is 19.1. The van der Waals surface area contributed by atoms with Crippen molar-refractivity contribution in [2.75, 3.05) is 0 Å². The lowest BCUT2D eigenvalue weighted by Gasteiger charge is -2.28. The predicted molar refractivity (Wildman–Crippen MR) is 75.5 cm³/mol. The molecule has 2 atom stereocenters. The van der Waals surface area contributed by atoms with Gasteiger partial charge in [0.2, 0.25) is 0 Å². The van der Waals surface area contributed by atoms with Gasteiger partial charge in [0.1, 0.15) is 17.6 Å². The zero-order chi connectivity index (χ0) is 16.2. The molecule has 1 amide bonds. The molecule has 0 radical (unpaired) electrons. The highest BCUT2D eigenvalue weighted by Gasteiger charge is 2.33. The van der Waals surface area contributed by atoms with E-state index in [1.54, 1.807) is 20.8 Å². The minimum atomic E-state index is -1.11. The van der Waals surface area contributed by atoms with Crippen molar-refractivity contribution in [3.63, 3.8) is 0 Å². The molecule has 0 aliphatic rings. The number of nitrogens with one attached hydrogen (secondary N) is 1. The Morgan fingerprint density at radius 2 is 1.76 bits per heavy atom. The summed E-state index contributed by atoms with van der Waals surface area (Å²) in [6.07, 6.45) is -0.889. The van der Waals surface area contributed by atoms with Crippen molar-refractivity contribution < 1.29 is 23.8 Å². The molecular formula is C15H20FNO4. The van der Waals surface area contributed by atoms with Crippen LogP contribution in [0.4, 0.5) is 4.39 Å². The third-order valence-corrected chi connectivity index (χ3v) is 2.90. The molecule has 0 fully saturated rings. The number of carbonyl (C=O) groups is 2. The molecule has 0 bridgehead atoms. The maximum Gasteiger partial charge on any atom is 0.326 e. The van der Waals surface area contributed by atoms with E-state index in [1.165, 1.54) is 31.2 Å². The SMILES string of the molecule is CC(Oc1ccc(F)cc1)C(=O)NC(C(=O)O)C(C)(C)C. The Morgan fingerprint density at radius 3 is 2.19 bits per heavy atom. The molecule has 1 aromatic carbocycles. The van der Waals surface area contributed by atoms with Gasteiger partial charge in [-0.3, -0.25) is 4.79 Å². The lowest BCUT2D eigenvalue weighted by atomic mass is 9.86. The van der Waals surface area contributed by atoms with E-state index < -0.39 is 35.3 Å². The quantitative estimate of drug-likeness (QED) is 0.873. The van der Waals surface area contributed by atoms with Gasteiger partial charge in [-0.15, -0.1) is 0 Å². The summed E-state index contributed by atoms with van der Waals surface area (Å²) < 4.78 is 18.1. The summed E-state index contributed by atoms with van der Waals surface area (Å²) in [4.78, 5) is 23.2. The van der Waals surface area contributed by atoms with Crippen molar-refractivity contribution in [1.82, 2.24) is 5.32 Å². The van der Waals surface area contributed by atoms with E-state index in [-0.39, 0.29) is 0 Å². The van der Waals surface area contributed by atoms with Gasteiger partial charge < -0.3 is 15.2 Å². The number of carboxylic acids is 1. The van der Waals surface area contributed by atoms with Gasteiger partial charge in [0.25, 0.3) is 5.91 Å². The molecule has 2 N–H and O–H groups in total. The second kappa shape index (κ2) is 6.56. The fraction of sp³-hybridized carbons (Fsp3) is 0.467. The summed E-state index contributed by atoms with van der Waals surface area (Å²) in [5.41, 5.74) is -0.628. The summed E-state index contributed by atoms with van der Waals surface area (Å²) in [5, 5.41) is 11.6. The molecule has 21 heavy (non-hydrogen) atoms. The van der Waals surface area contributed by atoms with E-state index in [0.717, 1.165) is 0 Å². The van der Waals surface area contributed by atoms with Crippen LogP contribution in [0.2, 0.25) is 0 Å². The fourth-order valence-electron chi connectivity index (χ4n) is 1.68. The van der Waals surface area contributed by atoms with Crippen molar-refractivity contribution in [3.05, 3.63) is 30.1 Å². The average Bonchev–Trinajstić information content (AvgIpc) is 2.36. The number of hydrogen-bond acceptors (Lipinski definition) is 3. The number of rotatable bonds is 5. The highest BCUT2D eigenvalue weighted by molar-refractivity contribution is 5.86. The van der Waals surface area contributed by atoms with E-state index in [2.05, 4.69) is 5.32 Å². The zero-order valence-electron chi connectivity index (χ0n) is 12.5. The Morgan fingerprint density at radius 1 is 1.24 bits per heavy atom. The van der Waals surface area contributed by atoms with Gasteiger partial charge in [-0.25, -0.2) is 9.18 Å². The molecule has 0 aliphatic carbocycles. The van der Waals surface area contributed by atoms with Crippen LogP contribution in [-0.4, -0.2) is 29.1 Å². The van der Waals surface area contributed by atoms with Crippen molar-refractivity contribution in [1.29, 1.82) is 0 Å². The van der Waals surface area contributed by atoms with Crippen LogP contribution in [0.5, 0.6) is 5.75 Å². The molecule has 1 rings (SSSR count). The molecular weight excluding hydrogens is 277 g/mol. The second-order valence-electron chi connectivity index (χ2n) is 5.86. The van der Waals surface area contributed by atoms with Gasteiger partial charge >= 0.3 is 5.97 Å². The minimum absolute atomic E-state index is 0.335. The van der Waals surface area contributed by atoms with Gasteiger partial charge in [-0.1, -0.05) is 20.8 Å². The summed E-state index contributed by atoms with van der Waals surface area (Å²) in [7, 11) is 0. The lowest BCUT2D eigenvalue weighted by Crippen LogP contribution is -2.52. The van der Waals surface area contributed by atoms with Crippen molar-refractivity contribution in [3.8, 4) is 5.75 Å². The third-order valence-electron chi connectivity index (χ3n) is 2.90. The molecule has 6 heteroatoms. The molecule has 0 heterocycles. The van der Waals surface area contributed by atoms with E-state index in [0.29, 0.717) is 5.75 Å². The molecule has 116 valence electrons. The highest BCUT2D eigenvalue weighted by Crippen LogP contribution is 2.20. The number of benzene rings is 1. The largest absolute Gasteiger partial charge is 0.481 e. The molecule has 0 aromatic heterocycles. The Bertz CT molecular complexity index is 507. The number of carboxylic acid groups (broad SMARTS) is 1. The normalized spacial score (nSPS) is 14.1. The smallest absolute Gasteiger partial charge is 0.326 e. The number of hydrogen-bond donors (Lipinski definition) is 2. The summed E-state index contributed by atoms with van der Waals surface area (Å²) in [5.74, 6) is -1.72. The van der Waals surface area contributed by atoms with Crippen LogP contribution in [0.1, 0.15) is 27.7 Å². The van der Waals surface area contributed by atoms with Crippen LogP contribution in [0.15, 0.2) is 24.3 Å². The molecule has 2 unspecified atom stereocenters. The van der Waals surface area contributed by atoms with E-state index >= 15 is 0 Å². The van der Waals surface area contributed by atoms with Crippen molar-refractivity contribution in [2.24, 2.45) is 5.41 Å². The minimum Gasteiger partial charge on any atom is -0.481 e. The molecule has 5 nitrogen and oxygen atoms in total. The Balaban J connectivity index is 2.69. The first-order chi connectivity index (χ1) is 9.61. The predicted octanol–water partition coefficient (Wildman–Crippen LogP) is 2.21. The van der Waals surface area contributed by atoms with Crippen LogP contribution in [0.25, 0.3) is 0 Å². The number of ether oxygens (including phenoxy) is 1. The zero-order valence-corrected chi connectivity index (χ0v) is 12.5. The van der Waals surface area contributed by atoms with E-state index in [1.807, 2.05) is 0 Å². The van der Waals surface area contributed by atoms with Crippen molar-refractivity contribution >= 4 is 11.9 Å². The summed E-state index contributed by atoms with van der Waals surface area (Å²) in [6, 6.07) is 4.21. The molecule has 1 aromatic rings. The maximum absolute atomic E-state index is 12.8. The molecule has 0 aliphatic heterocycles. The van der Waals surface area contributed by atoms with Gasteiger partial charge in [0, 0.05) is 0 Å². The summed E-state index contributed by atoms with van der Waals surface area (Å²) in [6.45, 7) is 6.66.